The van der Waals surface area contributed by atoms with Crippen molar-refractivity contribution in [3.63, 3.8) is 0 Å². The predicted octanol–water partition coefficient (Wildman–Crippen LogP) is 4.04. The molecule has 0 unspecified atom stereocenters. The van der Waals surface area contributed by atoms with Crippen molar-refractivity contribution >= 4 is 28.7 Å². The molecule has 0 aliphatic rings. The molecule has 0 atom stereocenters. The Hall–Kier alpha value is -2.09. The van der Waals surface area contributed by atoms with Crippen molar-refractivity contribution in [2.75, 3.05) is 10.6 Å². The lowest BCUT2D eigenvalue weighted by molar-refractivity contribution is -0.137. The Morgan fingerprint density at radius 3 is 2.64 bits per heavy atom. The van der Waals surface area contributed by atoms with Crippen molar-refractivity contribution < 1.29 is 13.2 Å². The second-order valence-corrected chi connectivity index (χ2v) is 5.03. The average Bonchev–Trinajstić information content (AvgIpc) is 2.79. The monoisotopic (exact) mass is 328 g/mol. The number of halogens is 3. The number of rotatable bonds is 3. The second kappa shape index (κ2) is 6.35. The normalized spacial score (nSPS) is 11.3. The fraction of sp³-hybridized carbons (Fsp3) is 0.286. The van der Waals surface area contributed by atoms with E-state index in [1.54, 1.807) is 10.9 Å². The van der Waals surface area contributed by atoms with Crippen LogP contribution >= 0.6 is 12.2 Å². The van der Waals surface area contributed by atoms with E-state index >= 15 is 0 Å². The van der Waals surface area contributed by atoms with Crippen LogP contribution in [0.1, 0.15) is 18.2 Å². The lowest BCUT2D eigenvalue weighted by Crippen LogP contribution is -2.20. The highest BCUT2D eigenvalue weighted by molar-refractivity contribution is 7.80. The maximum absolute atomic E-state index is 12.7. The molecule has 2 N–H and O–H groups in total. The Labute approximate surface area is 131 Å². The summed E-state index contributed by atoms with van der Waals surface area (Å²) in [5.41, 5.74) is 1.16. The van der Waals surface area contributed by atoms with E-state index in [9.17, 15) is 13.2 Å². The van der Waals surface area contributed by atoms with Crippen LogP contribution in [0.2, 0.25) is 0 Å². The lowest BCUT2D eigenvalue weighted by atomic mass is 10.2. The van der Waals surface area contributed by atoms with Gasteiger partial charge in [0.05, 0.1) is 23.1 Å². The summed E-state index contributed by atoms with van der Waals surface area (Å²) in [6, 6.07) is 4.87. The zero-order valence-electron chi connectivity index (χ0n) is 12.0. The summed E-state index contributed by atoms with van der Waals surface area (Å²) >= 11 is 5.12. The lowest BCUT2D eigenvalue weighted by Gasteiger charge is -2.12. The van der Waals surface area contributed by atoms with Gasteiger partial charge in [0.1, 0.15) is 0 Å². The summed E-state index contributed by atoms with van der Waals surface area (Å²) in [5, 5.41) is 10.0. The minimum absolute atomic E-state index is 0.207. The van der Waals surface area contributed by atoms with Crippen molar-refractivity contribution in [1.82, 2.24) is 9.78 Å². The third-order valence-corrected chi connectivity index (χ3v) is 3.30. The van der Waals surface area contributed by atoms with E-state index in [0.29, 0.717) is 5.69 Å². The van der Waals surface area contributed by atoms with E-state index in [4.69, 9.17) is 12.2 Å². The Morgan fingerprint density at radius 1 is 1.32 bits per heavy atom. The predicted molar refractivity (Wildman–Crippen MR) is 83.9 cm³/mol. The number of aromatic nitrogens is 2. The largest absolute Gasteiger partial charge is 0.416 e. The fourth-order valence-corrected chi connectivity index (χ4v) is 2.17. The number of anilines is 2. The van der Waals surface area contributed by atoms with E-state index in [-0.39, 0.29) is 10.8 Å². The van der Waals surface area contributed by atoms with Crippen molar-refractivity contribution in [3.8, 4) is 0 Å². The van der Waals surface area contributed by atoms with E-state index in [0.717, 1.165) is 24.4 Å². The Bertz CT molecular complexity index is 679. The minimum Gasteiger partial charge on any atom is -0.332 e. The maximum Gasteiger partial charge on any atom is 0.416 e. The highest BCUT2D eigenvalue weighted by Gasteiger charge is 2.30. The van der Waals surface area contributed by atoms with Crippen molar-refractivity contribution in [2.24, 2.45) is 0 Å². The molecular weight excluding hydrogens is 313 g/mol. The molecular formula is C14H15F3N4S. The number of hydrogen-bond acceptors (Lipinski definition) is 2. The third-order valence-electron chi connectivity index (χ3n) is 3.10. The first-order chi connectivity index (χ1) is 10.3. The topological polar surface area (TPSA) is 41.9 Å². The van der Waals surface area contributed by atoms with Crippen LogP contribution in [0.4, 0.5) is 24.5 Å². The average molecular weight is 328 g/mol. The summed E-state index contributed by atoms with van der Waals surface area (Å²) in [7, 11) is 0. The molecule has 8 heteroatoms. The standard InChI is InChI=1S/C14H15F3N4S/c1-3-21-9(2)12(8-18-21)20-13(22)19-11-6-4-5-10(7-11)14(15,16)17/h4-8H,3H2,1-2H3,(H2,19,20,22). The van der Waals surface area contributed by atoms with Crippen molar-refractivity contribution in [1.29, 1.82) is 0 Å². The molecule has 0 aliphatic heterocycles. The summed E-state index contributed by atoms with van der Waals surface area (Å²) in [4.78, 5) is 0. The molecule has 1 aromatic heterocycles. The fourth-order valence-electron chi connectivity index (χ4n) is 1.95. The zero-order chi connectivity index (χ0) is 16.3. The van der Waals surface area contributed by atoms with Gasteiger partial charge < -0.3 is 10.6 Å². The van der Waals surface area contributed by atoms with Gasteiger partial charge in [0.25, 0.3) is 0 Å². The van der Waals surface area contributed by atoms with Gasteiger partial charge in [-0.15, -0.1) is 0 Å². The Balaban J connectivity index is 2.07. The van der Waals surface area contributed by atoms with Crippen LogP contribution in [0.3, 0.4) is 0 Å². The number of nitrogens with one attached hydrogen (secondary N) is 2. The highest BCUT2D eigenvalue weighted by Crippen LogP contribution is 2.30. The maximum atomic E-state index is 12.7. The molecule has 0 fully saturated rings. The van der Waals surface area contributed by atoms with E-state index in [2.05, 4.69) is 15.7 Å². The van der Waals surface area contributed by atoms with E-state index < -0.39 is 11.7 Å². The molecule has 0 saturated carbocycles. The van der Waals surface area contributed by atoms with E-state index in [1.165, 1.54) is 12.1 Å². The van der Waals surface area contributed by atoms with Crippen molar-refractivity contribution in [2.45, 2.75) is 26.6 Å². The third kappa shape index (κ3) is 3.76. The highest BCUT2D eigenvalue weighted by atomic mass is 32.1. The molecule has 0 amide bonds. The molecule has 118 valence electrons. The first kappa shape index (κ1) is 16.3. The summed E-state index contributed by atoms with van der Waals surface area (Å²) < 4.78 is 39.8. The van der Waals surface area contributed by atoms with Gasteiger partial charge in [0.2, 0.25) is 0 Å². The first-order valence-electron chi connectivity index (χ1n) is 6.59. The molecule has 22 heavy (non-hydrogen) atoms. The number of benzene rings is 1. The van der Waals surface area contributed by atoms with Crippen LogP contribution in [0, 0.1) is 6.92 Å². The van der Waals surface area contributed by atoms with Crippen LogP contribution in [-0.2, 0) is 12.7 Å². The van der Waals surface area contributed by atoms with Crippen LogP contribution in [0.15, 0.2) is 30.5 Å². The van der Waals surface area contributed by atoms with Gasteiger partial charge in [-0.1, -0.05) is 6.07 Å². The molecule has 0 saturated heterocycles. The number of hydrogen-bond donors (Lipinski definition) is 2. The summed E-state index contributed by atoms with van der Waals surface area (Å²) in [6.45, 7) is 4.57. The van der Waals surface area contributed by atoms with Gasteiger partial charge in [-0.05, 0) is 44.3 Å². The number of aryl methyl sites for hydroxylation is 1. The molecule has 0 spiro atoms. The van der Waals surface area contributed by atoms with Crippen LogP contribution in [0.5, 0.6) is 0 Å². The summed E-state index contributed by atoms with van der Waals surface area (Å²) in [6.07, 6.45) is -2.76. The van der Waals surface area contributed by atoms with Gasteiger partial charge in [-0.2, -0.15) is 18.3 Å². The SMILES string of the molecule is CCn1ncc(NC(=S)Nc2cccc(C(F)(F)F)c2)c1C. The van der Waals surface area contributed by atoms with Gasteiger partial charge in [-0.3, -0.25) is 4.68 Å². The van der Waals surface area contributed by atoms with Crippen LogP contribution in [-0.4, -0.2) is 14.9 Å². The molecule has 2 aromatic rings. The van der Waals surface area contributed by atoms with Crippen molar-refractivity contribution in [3.05, 3.63) is 41.7 Å². The molecule has 0 radical (unpaired) electrons. The molecule has 1 aromatic carbocycles. The van der Waals surface area contributed by atoms with Gasteiger partial charge >= 0.3 is 6.18 Å². The van der Waals surface area contributed by atoms with Gasteiger partial charge in [0.15, 0.2) is 5.11 Å². The zero-order valence-corrected chi connectivity index (χ0v) is 12.8. The quantitative estimate of drug-likeness (QED) is 0.835. The molecule has 0 aliphatic carbocycles. The Morgan fingerprint density at radius 2 is 2.05 bits per heavy atom. The van der Waals surface area contributed by atoms with Crippen LogP contribution in [0.25, 0.3) is 0 Å². The van der Waals surface area contributed by atoms with Crippen LogP contribution < -0.4 is 10.6 Å². The Kier molecular flexibility index (Phi) is 4.70. The van der Waals surface area contributed by atoms with E-state index in [1.807, 2.05) is 13.8 Å². The van der Waals surface area contributed by atoms with Gasteiger partial charge in [-0.25, -0.2) is 0 Å². The first-order valence-corrected chi connectivity index (χ1v) is 6.99. The number of alkyl halides is 3. The number of nitrogens with zero attached hydrogens (tertiary/aromatic N) is 2. The molecule has 0 bridgehead atoms. The summed E-state index contributed by atoms with van der Waals surface area (Å²) in [5.74, 6) is 0. The minimum atomic E-state index is -4.38. The smallest absolute Gasteiger partial charge is 0.332 e. The molecule has 2 rings (SSSR count). The molecule has 4 nitrogen and oxygen atoms in total. The second-order valence-electron chi connectivity index (χ2n) is 4.62. The van der Waals surface area contributed by atoms with Gasteiger partial charge in [0, 0.05) is 12.2 Å². The molecule has 1 heterocycles. The number of thiocarbonyl (C=S) groups is 1.